The van der Waals surface area contributed by atoms with Gasteiger partial charge in [0.25, 0.3) is 0 Å². The summed E-state index contributed by atoms with van der Waals surface area (Å²) >= 11 is 0. The van der Waals surface area contributed by atoms with E-state index in [4.69, 9.17) is 23.7 Å². The molecule has 0 radical (unpaired) electrons. The van der Waals surface area contributed by atoms with Crippen LogP contribution in [0.3, 0.4) is 0 Å². The fourth-order valence-electron chi connectivity index (χ4n) is 3.83. The first-order valence-electron chi connectivity index (χ1n) is 11.8. The van der Waals surface area contributed by atoms with E-state index in [1.165, 1.54) is 13.3 Å². The van der Waals surface area contributed by atoms with Crippen molar-refractivity contribution in [3.63, 3.8) is 0 Å². The fraction of sp³-hybridized carbons (Fsp3) is 0.385. The molecule has 12 heteroatoms. The van der Waals surface area contributed by atoms with Crippen LogP contribution in [0.1, 0.15) is 38.8 Å². The van der Waals surface area contributed by atoms with Crippen molar-refractivity contribution in [1.29, 1.82) is 0 Å². The van der Waals surface area contributed by atoms with Gasteiger partial charge in [-0.1, -0.05) is 6.07 Å². The first-order chi connectivity index (χ1) is 17.9. The molecule has 1 heterocycles. The summed E-state index contributed by atoms with van der Waals surface area (Å²) in [4.78, 5) is 16.5. The number of amides is 1. The quantitative estimate of drug-likeness (QED) is 0.378. The molecular weight excluding hydrogens is 514 g/mol. The van der Waals surface area contributed by atoms with Gasteiger partial charge in [-0.25, -0.2) is 9.52 Å². The van der Waals surface area contributed by atoms with Crippen molar-refractivity contribution in [3.05, 3.63) is 47.8 Å². The van der Waals surface area contributed by atoms with Gasteiger partial charge in [0.15, 0.2) is 11.5 Å². The van der Waals surface area contributed by atoms with Crippen molar-refractivity contribution < 1.29 is 36.9 Å². The summed E-state index contributed by atoms with van der Waals surface area (Å²) in [5.41, 5.74) is 0.928. The van der Waals surface area contributed by atoms with E-state index < -0.39 is 21.9 Å². The van der Waals surface area contributed by atoms with Gasteiger partial charge >= 0.3 is 16.3 Å². The van der Waals surface area contributed by atoms with Crippen LogP contribution in [-0.2, 0) is 21.4 Å². The molecule has 0 bridgehead atoms. The van der Waals surface area contributed by atoms with Crippen molar-refractivity contribution in [2.75, 3.05) is 32.7 Å². The Bertz CT molecular complexity index is 1390. The van der Waals surface area contributed by atoms with E-state index in [0.717, 1.165) is 16.5 Å². The Morgan fingerprint density at radius 1 is 0.947 bits per heavy atom. The highest BCUT2D eigenvalue weighted by molar-refractivity contribution is 7.91. The summed E-state index contributed by atoms with van der Waals surface area (Å²) < 4.78 is 57.0. The maximum atomic E-state index is 12.8. The number of carbonyl (C=O) groups is 1. The second-order valence-electron chi connectivity index (χ2n) is 9.19. The molecule has 1 amide bonds. The lowest BCUT2D eigenvalue weighted by atomic mass is 9.99. The van der Waals surface area contributed by atoms with Crippen LogP contribution in [-0.4, -0.2) is 53.0 Å². The van der Waals surface area contributed by atoms with E-state index in [9.17, 15) is 13.2 Å². The van der Waals surface area contributed by atoms with Gasteiger partial charge in [-0.15, -0.1) is 0 Å². The van der Waals surface area contributed by atoms with E-state index in [0.29, 0.717) is 29.1 Å². The number of pyridine rings is 1. The SMILES string of the molecule is CCOc1ccc2c(Cc3cc(OC)c(OC)c(OC)c3)cncc2c1NS(=O)(=O)NC(=O)OC(C)(C)C. The number of hydrogen-bond acceptors (Lipinski definition) is 9. The first-order valence-corrected chi connectivity index (χ1v) is 13.2. The van der Waals surface area contributed by atoms with Gasteiger partial charge < -0.3 is 23.7 Å². The van der Waals surface area contributed by atoms with Crippen LogP contribution in [0.4, 0.5) is 10.5 Å². The van der Waals surface area contributed by atoms with Crippen LogP contribution < -0.4 is 28.4 Å². The van der Waals surface area contributed by atoms with Crippen LogP contribution in [0, 0.1) is 0 Å². The molecule has 0 atom stereocenters. The highest BCUT2D eigenvalue weighted by Crippen LogP contribution is 2.40. The summed E-state index contributed by atoms with van der Waals surface area (Å²) in [5.74, 6) is 1.78. The number of rotatable bonds is 10. The van der Waals surface area contributed by atoms with Gasteiger partial charge in [0.2, 0.25) is 5.75 Å². The summed E-state index contributed by atoms with van der Waals surface area (Å²) in [6, 6.07) is 7.16. The average molecular weight is 548 g/mol. The molecule has 0 saturated heterocycles. The second kappa shape index (κ2) is 11.6. The lowest BCUT2D eigenvalue weighted by Crippen LogP contribution is -2.39. The lowest BCUT2D eigenvalue weighted by molar-refractivity contribution is 0.0570. The third kappa shape index (κ3) is 6.88. The van der Waals surface area contributed by atoms with E-state index in [1.54, 1.807) is 54.2 Å². The number of methoxy groups -OCH3 is 3. The molecule has 0 aliphatic rings. The third-order valence-corrected chi connectivity index (χ3v) is 6.17. The molecule has 3 aromatic rings. The van der Waals surface area contributed by atoms with Crippen molar-refractivity contribution in [2.45, 2.75) is 39.7 Å². The van der Waals surface area contributed by atoms with Crippen LogP contribution in [0.15, 0.2) is 36.7 Å². The molecule has 2 N–H and O–H groups in total. The molecule has 3 rings (SSSR count). The second-order valence-corrected chi connectivity index (χ2v) is 10.6. The minimum atomic E-state index is -4.37. The number of aromatic nitrogens is 1. The van der Waals surface area contributed by atoms with Gasteiger partial charge in [-0.3, -0.25) is 9.71 Å². The topological polar surface area (TPSA) is 134 Å². The minimum absolute atomic E-state index is 0.139. The average Bonchev–Trinajstić information content (AvgIpc) is 2.83. The maximum absolute atomic E-state index is 12.8. The molecule has 1 aromatic heterocycles. The highest BCUT2D eigenvalue weighted by Gasteiger charge is 2.24. The Hall–Kier alpha value is -3.93. The Morgan fingerprint density at radius 3 is 2.16 bits per heavy atom. The number of fused-ring (bicyclic) bond motifs is 1. The molecule has 2 aromatic carbocycles. The molecular formula is C26H33N3O8S. The predicted octanol–water partition coefficient (Wildman–Crippen LogP) is 4.43. The number of nitrogens with zero attached hydrogens (tertiary/aromatic N) is 1. The number of nitrogens with one attached hydrogen (secondary N) is 2. The van der Waals surface area contributed by atoms with E-state index in [-0.39, 0.29) is 18.0 Å². The minimum Gasteiger partial charge on any atom is -0.493 e. The zero-order valence-electron chi connectivity index (χ0n) is 22.5. The van der Waals surface area contributed by atoms with Gasteiger partial charge in [0.1, 0.15) is 17.0 Å². The van der Waals surface area contributed by atoms with Crippen LogP contribution in [0.5, 0.6) is 23.0 Å². The van der Waals surface area contributed by atoms with Crippen LogP contribution >= 0.6 is 0 Å². The highest BCUT2D eigenvalue weighted by atomic mass is 32.2. The van der Waals surface area contributed by atoms with Crippen molar-refractivity contribution in [3.8, 4) is 23.0 Å². The molecule has 0 unspecified atom stereocenters. The van der Waals surface area contributed by atoms with Gasteiger partial charge in [0, 0.05) is 17.8 Å². The Kier molecular flexibility index (Phi) is 8.77. The van der Waals surface area contributed by atoms with Gasteiger partial charge in [-0.2, -0.15) is 8.42 Å². The normalized spacial score (nSPS) is 11.6. The lowest BCUT2D eigenvalue weighted by Gasteiger charge is -2.20. The molecule has 0 aliphatic heterocycles. The van der Waals surface area contributed by atoms with Gasteiger partial charge in [-0.05, 0) is 68.8 Å². The smallest absolute Gasteiger partial charge is 0.422 e. The Labute approximate surface area is 222 Å². The number of hydrogen-bond donors (Lipinski definition) is 2. The summed E-state index contributed by atoms with van der Waals surface area (Å²) in [6.45, 7) is 6.96. The van der Waals surface area contributed by atoms with Gasteiger partial charge in [0.05, 0.1) is 27.9 Å². The predicted molar refractivity (Wildman–Crippen MR) is 144 cm³/mol. The number of carbonyl (C=O) groups excluding carboxylic acids is 1. The monoisotopic (exact) mass is 547 g/mol. The van der Waals surface area contributed by atoms with Crippen LogP contribution in [0.25, 0.3) is 10.8 Å². The third-order valence-electron chi connectivity index (χ3n) is 5.26. The van der Waals surface area contributed by atoms with E-state index in [2.05, 4.69) is 9.71 Å². The number of benzene rings is 2. The zero-order chi connectivity index (χ0) is 28.1. The molecule has 0 spiro atoms. The molecule has 11 nitrogen and oxygen atoms in total. The first kappa shape index (κ1) is 28.6. The standard InChI is InChI=1S/C26H33N3O8S/c1-8-36-20-10-9-18-17(11-16-12-21(33-5)24(35-7)22(13-16)34-6)14-27-15-19(18)23(20)28-38(31,32)29-25(30)37-26(2,3)4/h9-10,12-15,28H,8,11H2,1-7H3,(H,29,30). The molecule has 0 fully saturated rings. The van der Waals surface area contributed by atoms with Crippen molar-refractivity contribution in [1.82, 2.24) is 9.71 Å². The summed E-state index contributed by atoms with van der Waals surface area (Å²) in [7, 11) is 0.250. The molecule has 206 valence electrons. The van der Waals surface area contributed by atoms with Crippen molar-refractivity contribution >= 4 is 32.8 Å². The molecule has 0 saturated carbocycles. The number of ether oxygens (including phenoxy) is 5. The Balaban J connectivity index is 2.05. The summed E-state index contributed by atoms with van der Waals surface area (Å²) in [5, 5.41) is 1.21. The fourth-order valence-corrected chi connectivity index (χ4v) is 4.62. The maximum Gasteiger partial charge on any atom is 0.422 e. The Morgan fingerprint density at radius 2 is 1.61 bits per heavy atom. The van der Waals surface area contributed by atoms with Crippen LogP contribution in [0.2, 0.25) is 0 Å². The zero-order valence-corrected chi connectivity index (χ0v) is 23.3. The van der Waals surface area contributed by atoms with Crippen molar-refractivity contribution in [2.24, 2.45) is 0 Å². The largest absolute Gasteiger partial charge is 0.493 e. The number of anilines is 1. The summed E-state index contributed by atoms with van der Waals surface area (Å²) in [6.07, 6.45) is 2.55. The van der Waals surface area contributed by atoms with E-state index >= 15 is 0 Å². The molecule has 0 aliphatic carbocycles. The molecule has 38 heavy (non-hydrogen) atoms. The van der Waals surface area contributed by atoms with E-state index in [1.807, 2.05) is 22.9 Å².